The predicted octanol–water partition coefficient (Wildman–Crippen LogP) is 5.33. The zero-order valence-corrected chi connectivity index (χ0v) is 15.5. The third-order valence-electron chi connectivity index (χ3n) is 5.24. The van der Waals surface area contributed by atoms with E-state index in [4.69, 9.17) is 11.5 Å². The molecule has 4 heteroatoms. The number of aromatic nitrogens is 2. The highest BCUT2D eigenvalue weighted by atomic mass is 14.7. The van der Waals surface area contributed by atoms with E-state index >= 15 is 0 Å². The van der Waals surface area contributed by atoms with Crippen molar-refractivity contribution < 1.29 is 0 Å². The van der Waals surface area contributed by atoms with Crippen LogP contribution in [0.5, 0.6) is 0 Å². The van der Waals surface area contributed by atoms with Gasteiger partial charge in [-0.3, -0.25) is 9.97 Å². The second-order valence-electron chi connectivity index (χ2n) is 7.30. The number of hydrogen-bond donors (Lipinski definition) is 2. The molecule has 0 bridgehead atoms. The van der Waals surface area contributed by atoms with Gasteiger partial charge >= 0.3 is 0 Å². The molecule has 0 atom stereocenters. The first-order valence-corrected chi connectivity index (χ1v) is 9.85. The molecular weight excluding hydrogens is 320 g/mol. The number of nitrogen functional groups attached to an aromatic ring is 2. The first-order valence-electron chi connectivity index (χ1n) is 9.85. The van der Waals surface area contributed by atoms with Crippen LogP contribution in [0.3, 0.4) is 0 Å². The van der Waals surface area contributed by atoms with Crippen LogP contribution < -0.4 is 11.5 Å². The summed E-state index contributed by atoms with van der Waals surface area (Å²) in [6.45, 7) is 0. The van der Waals surface area contributed by atoms with E-state index in [1.807, 2.05) is 18.2 Å². The number of pyridine rings is 2. The van der Waals surface area contributed by atoms with Crippen LogP contribution in [-0.2, 0) is 0 Å². The highest BCUT2D eigenvalue weighted by Gasteiger charge is 2.15. The van der Waals surface area contributed by atoms with Crippen LogP contribution in [0.4, 0.5) is 11.4 Å². The Balaban J connectivity index is 0.000000151. The lowest BCUT2D eigenvalue weighted by atomic mass is 9.87. The lowest BCUT2D eigenvalue weighted by Gasteiger charge is -2.20. The normalized spacial score (nSPS) is 17.8. The molecule has 4 nitrogen and oxygen atoms in total. The molecule has 0 saturated heterocycles. The van der Waals surface area contributed by atoms with Gasteiger partial charge in [0, 0.05) is 11.6 Å². The molecule has 0 spiro atoms. The fourth-order valence-corrected chi connectivity index (χ4v) is 3.72. The highest BCUT2D eigenvalue weighted by molar-refractivity contribution is 5.63. The molecule has 2 aliphatic rings. The van der Waals surface area contributed by atoms with Gasteiger partial charge in [0.25, 0.3) is 0 Å². The molecule has 0 radical (unpaired) electrons. The van der Waals surface area contributed by atoms with Crippen LogP contribution in [0.2, 0.25) is 0 Å². The average Bonchev–Trinajstić information content (AvgIpc) is 2.71. The minimum Gasteiger partial charge on any atom is -0.397 e. The largest absolute Gasteiger partial charge is 0.397 e. The second-order valence-corrected chi connectivity index (χ2v) is 7.30. The summed E-state index contributed by atoms with van der Waals surface area (Å²) in [5.74, 6) is 0.689. The zero-order chi connectivity index (χ0) is 18.2. The number of hydrogen-bond acceptors (Lipinski definition) is 4. The van der Waals surface area contributed by atoms with Gasteiger partial charge in [0.2, 0.25) is 0 Å². The molecule has 0 aliphatic heterocycles. The van der Waals surface area contributed by atoms with Crippen molar-refractivity contribution in [2.24, 2.45) is 0 Å². The summed E-state index contributed by atoms with van der Waals surface area (Å²) in [6, 6.07) is 7.95. The molecule has 1 saturated carbocycles. The maximum absolute atomic E-state index is 5.59. The van der Waals surface area contributed by atoms with Gasteiger partial charge in [-0.1, -0.05) is 25.3 Å². The van der Waals surface area contributed by atoms with Crippen molar-refractivity contribution in [2.75, 3.05) is 11.5 Å². The van der Waals surface area contributed by atoms with Gasteiger partial charge in [0.05, 0.1) is 29.5 Å². The van der Waals surface area contributed by atoms with E-state index in [9.17, 15) is 0 Å². The topological polar surface area (TPSA) is 77.8 Å². The van der Waals surface area contributed by atoms with Crippen molar-refractivity contribution in [3.63, 3.8) is 0 Å². The first kappa shape index (κ1) is 18.4. The monoisotopic (exact) mass is 350 g/mol. The van der Waals surface area contributed by atoms with Crippen LogP contribution >= 0.6 is 0 Å². The Labute approximate surface area is 156 Å². The summed E-state index contributed by atoms with van der Waals surface area (Å²) in [7, 11) is 0. The lowest BCUT2D eigenvalue weighted by molar-refractivity contribution is 0.437. The third-order valence-corrected chi connectivity index (χ3v) is 5.24. The molecule has 138 valence electrons. The molecule has 0 unspecified atom stereocenters. The fourth-order valence-electron chi connectivity index (χ4n) is 3.72. The molecular formula is C22H30N4. The molecule has 4 rings (SSSR count). The maximum Gasteiger partial charge on any atom is 0.0660 e. The number of allylic oxidation sites excluding steroid dienone is 2. The summed E-state index contributed by atoms with van der Waals surface area (Å²) >= 11 is 0. The summed E-state index contributed by atoms with van der Waals surface area (Å²) in [4.78, 5) is 8.69. The molecule has 4 N–H and O–H groups in total. The Bertz CT molecular complexity index is 698. The first-order chi connectivity index (χ1) is 12.7. The summed E-state index contributed by atoms with van der Waals surface area (Å²) in [5, 5.41) is 0. The van der Waals surface area contributed by atoms with Gasteiger partial charge < -0.3 is 11.5 Å². The number of nitrogens with two attached hydrogens (primary N) is 2. The highest BCUT2D eigenvalue weighted by Crippen LogP contribution is 2.31. The molecule has 1 fully saturated rings. The van der Waals surface area contributed by atoms with E-state index in [0.717, 1.165) is 23.5 Å². The van der Waals surface area contributed by atoms with Gasteiger partial charge in [-0.15, -0.1) is 0 Å². The minimum absolute atomic E-state index is 0.689. The Hall–Kier alpha value is -2.36. The van der Waals surface area contributed by atoms with E-state index in [-0.39, 0.29) is 0 Å². The Morgan fingerprint density at radius 2 is 1.50 bits per heavy atom. The summed E-state index contributed by atoms with van der Waals surface area (Å²) < 4.78 is 0. The maximum atomic E-state index is 5.59. The molecule has 2 heterocycles. The van der Waals surface area contributed by atoms with E-state index < -0.39 is 0 Å². The van der Waals surface area contributed by atoms with Crippen molar-refractivity contribution >= 4 is 16.9 Å². The van der Waals surface area contributed by atoms with Crippen molar-refractivity contribution in [1.82, 2.24) is 9.97 Å². The zero-order valence-electron chi connectivity index (χ0n) is 15.5. The molecule has 2 aromatic heterocycles. The van der Waals surface area contributed by atoms with E-state index in [0.29, 0.717) is 5.92 Å². The smallest absolute Gasteiger partial charge is 0.0660 e. The Morgan fingerprint density at radius 1 is 0.769 bits per heavy atom. The molecule has 0 aromatic carbocycles. The lowest BCUT2D eigenvalue weighted by Crippen LogP contribution is -2.06. The van der Waals surface area contributed by atoms with Gasteiger partial charge in [-0.2, -0.15) is 0 Å². The van der Waals surface area contributed by atoms with Crippen LogP contribution in [0.15, 0.2) is 42.7 Å². The molecule has 2 aliphatic carbocycles. The van der Waals surface area contributed by atoms with Crippen LogP contribution in [0.1, 0.15) is 75.1 Å². The summed E-state index contributed by atoms with van der Waals surface area (Å²) in [6.07, 6.45) is 17.5. The molecule has 0 amide bonds. The van der Waals surface area contributed by atoms with Gasteiger partial charge in [-0.25, -0.2) is 0 Å². The molecule has 26 heavy (non-hydrogen) atoms. The van der Waals surface area contributed by atoms with E-state index in [2.05, 4.69) is 22.1 Å². The fraction of sp³-hybridized carbons (Fsp3) is 0.455. The van der Waals surface area contributed by atoms with Gasteiger partial charge in [0.15, 0.2) is 0 Å². The van der Waals surface area contributed by atoms with E-state index in [1.54, 1.807) is 12.4 Å². The number of nitrogens with zero attached hydrogens (tertiary/aromatic N) is 2. The number of rotatable bonds is 2. The Kier molecular flexibility index (Phi) is 6.64. The third kappa shape index (κ3) is 5.32. The summed E-state index contributed by atoms with van der Waals surface area (Å²) in [5.41, 5.74) is 16.4. The van der Waals surface area contributed by atoms with Gasteiger partial charge in [0.1, 0.15) is 0 Å². The standard InChI is InChI=1S/C11H16N2.C11H14N2/c2*12-10-6-7-11(13-8-10)9-4-2-1-3-5-9/h6-9H,1-5,12H2;4,6-8H,1-3,5,12H2. The number of anilines is 2. The predicted molar refractivity (Wildman–Crippen MR) is 110 cm³/mol. The Morgan fingerprint density at radius 3 is 2.08 bits per heavy atom. The van der Waals surface area contributed by atoms with Crippen LogP contribution in [0, 0.1) is 0 Å². The van der Waals surface area contributed by atoms with Crippen molar-refractivity contribution in [3.05, 3.63) is 54.1 Å². The average molecular weight is 351 g/mol. The SMILES string of the molecule is Nc1ccc(C2=CCCCC2)nc1.Nc1ccc(C2CCCCC2)nc1. The van der Waals surface area contributed by atoms with Crippen molar-refractivity contribution in [2.45, 2.75) is 63.7 Å². The second kappa shape index (κ2) is 9.37. The molecule has 2 aromatic rings. The van der Waals surface area contributed by atoms with Crippen molar-refractivity contribution in [1.29, 1.82) is 0 Å². The quantitative estimate of drug-likeness (QED) is 0.767. The van der Waals surface area contributed by atoms with Crippen LogP contribution in [-0.4, -0.2) is 9.97 Å². The van der Waals surface area contributed by atoms with E-state index in [1.165, 1.54) is 62.6 Å². The van der Waals surface area contributed by atoms with Crippen molar-refractivity contribution in [3.8, 4) is 0 Å². The minimum atomic E-state index is 0.689. The van der Waals surface area contributed by atoms with Crippen LogP contribution in [0.25, 0.3) is 5.57 Å². The van der Waals surface area contributed by atoms with Gasteiger partial charge in [-0.05, 0) is 68.4 Å².